The molecule has 0 aromatic heterocycles. The van der Waals surface area contributed by atoms with Crippen LogP contribution in [0.25, 0.3) is 0 Å². The van der Waals surface area contributed by atoms with E-state index in [1.807, 2.05) is 0 Å². The van der Waals surface area contributed by atoms with Crippen molar-refractivity contribution in [3.05, 3.63) is 0 Å². The maximum Gasteiger partial charge on any atom is 0.211 e. The molecule has 0 aliphatic carbocycles. The Hall–Kier alpha value is -0.890. The van der Waals surface area contributed by atoms with E-state index in [1.54, 1.807) is 0 Å². The van der Waals surface area contributed by atoms with Gasteiger partial charge >= 0.3 is 0 Å². The Morgan fingerprint density at radius 3 is 2.50 bits per heavy atom. The molecule has 94 valence electrons. The third-order valence-corrected chi connectivity index (χ3v) is 3.82. The lowest BCUT2D eigenvalue weighted by molar-refractivity contribution is 0.307. The number of hydrogen-bond donors (Lipinski definition) is 3. The normalized spacial score (nSPS) is 19.4. The fraction of sp³-hybridized carbons (Fsp3) is 0.875. The Morgan fingerprint density at radius 2 is 2.06 bits per heavy atom. The molecule has 0 bridgehead atoms. The van der Waals surface area contributed by atoms with Gasteiger partial charge in [0.05, 0.1) is 6.26 Å². The van der Waals surface area contributed by atoms with Gasteiger partial charge in [0.2, 0.25) is 10.0 Å². The monoisotopic (exact) mass is 252 g/mol. The number of sulfonamides is 1. The van der Waals surface area contributed by atoms with Gasteiger partial charge in [0, 0.05) is 19.1 Å². The Kier molecular flexibility index (Phi) is 4.48. The fourth-order valence-electron chi connectivity index (χ4n) is 1.65. The minimum atomic E-state index is -3.11. The Bertz CT molecular complexity index is 338. The minimum Gasteiger partial charge on any atom is -0.354 e. The number of guanidine groups is 1. The van der Waals surface area contributed by atoms with E-state index in [0.717, 1.165) is 0 Å². The highest BCUT2D eigenvalue weighted by molar-refractivity contribution is 7.88. The van der Waals surface area contributed by atoms with Gasteiger partial charge < -0.3 is 10.6 Å². The molecule has 3 N–H and O–H groups in total. The second-order valence-corrected chi connectivity index (χ2v) is 5.75. The van der Waals surface area contributed by atoms with Crippen molar-refractivity contribution in [1.29, 1.82) is 5.41 Å². The predicted molar refractivity (Wildman–Crippen MR) is 59.4 cm³/mol. The largest absolute Gasteiger partial charge is 0.354 e. The van der Waals surface area contributed by atoms with Crippen LogP contribution in [0.5, 0.6) is 0 Å². The molecule has 0 aromatic carbocycles. The van der Waals surface area contributed by atoms with Crippen molar-refractivity contribution in [2.45, 2.75) is 18.9 Å². The summed E-state index contributed by atoms with van der Waals surface area (Å²) < 4.78 is 35.7. The van der Waals surface area contributed by atoms with E-state index in [2.05, 4.69) is 10.6 Å². The molecule has 1 fully saturated rings. The Morgan fingerprint density at radius 1 is 1.50 bits per heavy atom. The summed E-state index contributed by atoms with van der Waals surface area (Å²) in [6.07, 6.45) is 2.44. The highest BCUT2D eigenvalue weighted by Crippen LogP contribution is 2.12. The van der Waals surface area contributed by atoms with E-state index in [-0.39, 0.29) is 12.0 Å². The van der Waals surface area contributed by atoms with Crippen LogP contribution < -0.4 is 10.6 Å². The van der Waals surface area contributed by atoms with Crippen LogP contribution in [0.1, 0.15) is 12.8 Å². The summed E-state index contributed by atoms with van der Waals surface area (Å²) in [5.74, 6) is -0.0553. The van der Waals surface area contributed by atoms with E-state index >= 15 is 0 Å². The molecule has 16 heavy (non-hydrogen) atoms. The lowest BCUT2D eigenvalue weighted by atomic mass is 10.1. The van der Waals surface area contributed by atoms with Gasteiger partial charge in [-0.05, 0) is 12.8 Å². The van der Waals surface area contributed by atoms with Crippen LogP contribution >= 0.6 is 0 Å². The third-order valence-electron chi connectivity index (χ3n) is 2.51. The molecule has 1 aliphatic heterocycles. The lowest BCUT2D eigenvalue weighted by Gasteiger charge is -2.31. The molecule has 8 heteroatoms. The molecule has 0 radical (unpaired) electrons. The van der Waals surface area contributed by atoms with E-state index in [1.165, 1.54) is 10.6 Å². The number of nitrogens with one attached hydrogen (secondary N) is 3. The SMILES string of the molecule is CS(=O)(=O)N1CCC(NC(=N)NCF)CC1. The number of alkyl halides is 1. The van der Waals surface area contributed by atoms with Crippen molar-refractivity contribution in [3.63, 3.8) is 0 Å². The molecular weight excluding hydrogens is 235 g/mol. The van der Waals surface area contributed by atoms with Gasteiger partial charge in [-0.25, -0.2) is 17.1 Å². The van der Waals surface area contributed by atoms with Crippen molar-refractivity contribution >= 4 is 16.0 Å². The van der Waals surface area contributed by atoms with Gasteiger partial charge in [0.25, 0.3) is 0 Å². The third kappa shape index (κ3) is 3.93. The van der Waals surface area contributed by atoms with Crippen LogP contribution in [0.2, 0.25) is 0 Å². The number of piperidine rings is 1. The van der Waals surface area contributed by atoms with E-state index < -0.39 is 16.8 Å². The zero-order valence-corrected chi connectivity index (χ0v) is 9.98. The van der Waals surface area contributed by atoms with E-state index in [0.29, 0.717) is 25.9 Å². The predicted octanol–water partition coefficient (Wildman–Crippen LogP) is -0.549. The first-order valence-corrected chi connectivity index (χ1v) is 6.88. The molecule has 0 saturated carbocycles. The molecule has 6 nitrogen and oxygen atoms in total. The summed E-state index contributed by atoms with van der Waals surface area (Å²) in [6.45, 7) is 0.104. The highest BCUT2D eigenvalue weighted by atomic mass is 32.2. The van der Waals surface area contributed by atoms with Crippen LogP contribution in [0, 0.1) is 5.41 Å². The summed E-state index contributed by atoms with van der Waals surface area (Å²) in [5, 5.41) is 12.3. The summed E-state index contributed by atoms with van der Waals surface area (Å²) in [5.41, 5.74) is 0. The van der Waals surface area contributed by atoms with E-state index in [4.69, 9.17) is 5.41 Å². The maximum absolute atomic E-state index is 11.8. The first kappa shape index (κ1) is 13.2. The van der Waals surface area contributed by atoms with Gasteiger partial charge in [-0.1, -0.05) is 0 Å². The standard InChI is InChI=1S/C8H17FN4O2S/c1-16(14,15)13-4-2-7(3-5-13)12-8(10)11-6-9/h7H,2-6H2,1H3,(H3,10,11,12). The van der Waals surface area contributed by atoms with Crippen LogP contribution in [0.3, 0.4) is 0 Å². The number of rotatable bonds is 3. The average Bonchev–Trinajstić information content (AvgIpc) is 2.17. The second kappa shape index (κ2) is 5.44. The molecule has 0 unspecified atom stereocenters. The quantitative estimate of drug-likeness (QED) is 0.357. The Balaban J connectivity index is 2.35. The van der Waals surface area contributed by atoms with Gasteiger partial charge in [-0.2, -0.15) is 0 Å². The van der Waals surface area contributed by atoms with Crippen molar-refractivity contribution in [3.8, 4) is 0 Å². The van der Waals surface area contributed by atoms with Gasteiger partial charge in [-0.15, -0.1) is 0 Å². The van der Waals surface area contributed by atoms with Gasteiger partial charge in [0.1, 0.15) is 0 Å². The topological polar surface area (TPSA) is 85.3 Å². The van der Waals surface area contributed by atoms with Crippen LogP contribution in [-0.4, -0.2) is 50.9 Å². The molecular formula is C8H17FN4O2S. The molecule has 0 atom stereocenters. The minimum absolute atomic E-state index is 0.0320. The average molecular weight is 252 g/mol. The first-order valence-electron chi connectivity index (χ1n) is 5.03. The number of halogens is 1. The fourth-order valence-corrected chi connectivity index (χ4v) is 2.53. The smallest absolute Gasteiger partial charge is 0.211 e. The Labute approximate surface area is 94.8 Å². The van der Waals surface area contributed by atoms with Crippen molar-refractivity contribution in [2.24, 2.45) is 0 Å². The van der Waals surface area contributed by atoms with Gasteiger partial charge in [0.15, 0.2) is 12.8 Å². The van der Waals surface area contributed by atoms with Crippen molar-refractivity contribution < 1.29 is 12.8 Å². The molecule has 1 saturated heterocycles. The van der Waals surface area contributed by atoms with Crippen LogP contribution in [0.15, 0.2) is 0 Å². The van der Waals surface area contributed by atoms with Crippen molar-refractivity contribution in [1.82, 2.24) is 14.9 Å². The van der Waals surface area contributed by atoms with Crippen LogP contribution in [0.4, 0.5) is 4.39 Å². The summed E-state index contributed by atoms with van der Waals surface area (Å²) >= 11 is 0. The van der Waals surface area contributed by atoms with Crippen molar-refractivity contribution in [2.75, 3.05) is 26.1 Å². The maximum atomic E-state index is 11.8. The zero-order chi connectivity index (χ0) is 12.2. The molecule has 0 aromatic rings. The van der Waals surface area contributed by atoms with Gasteiger partial charge in [-0.3, -0.25) is 5.41 Å². The lowest BCUT2D eigenvalue weighted by Crippen LogP contribution is -2.49. The molecule has 1 rings (SSSR count). The summed E-state index contributed by atoms with van der Waals surface area (Å²) in [7, 11) is -3.11. The van der Waals surface area contributed by atoms with E-state index in [9.17, 15) is 12.8 Å². The summed E-state index contributed by atoms with van der Waals surface area (Å²) in [4.78, 5) is 0. The highest BCUT2D eigenvalue weighted by Gasteiger charge is 2.24. The number of hydrogen-bond acceptors (Lipinski definition) is 3. The first-order chi connectivity index (χ1) is 7.43. The zero-order valence-electron chi connectivity index (χ0n) is 9.16. The molecule has 0 amide bonds. The second-order valence-electron chi connectivity index (χ2n) is 3.77. The molecule has 1 heterocycles. The summed E-state index contributed by atoms with van der Waals surface area (Å²) in [6, 6.07) is 0.0320. The molecule has 0 spiro atoms. The van der Waals surface area contributed by atoms with Crippen LogP contribution in [-0.2, 0) is 10.0 Å². The number of nitrogens with zero attached hydrogens (tertiary/aromatic N) is 1. The molecule has 1 aliphatic rings.